The molecule has 0 N–H and O–H groups in total. The number of ether oxygens (including phenoxy) is 1. The summed E-state index contributed by atoms with van der Waals surface area (Å²) in [6, 6.07) is 3.18. The van der Waals surface area contributed by atoms with E-state index < -0.39 is 0 Å². The second kappa shape index (κ2) is 5.41. The van der Waals surface area contributed by atoms with Gasteiger partial charge in [-0.1, -0.05) is 13.8 Å². The molecule has 0 aliphatic heterocycles. The molecule has 12 heavy (non-hydrogen) atoms. The molecular weight excluding hydrogens is 154 g/mol. The molecule has 3 nitrogen and oxygen atoms in total. The molecule has 1 rings (SSSR count). The number of aryl methyl sites for hydroxylation is 1. The summed E-state index contributed by atoms with van der Waals surface area (Å²) in [7, 11) is 3.23. The molecule has 68 valence electrons. The first-order chi connectivity index (χ1) is 5.74. The van der Waals surface area contributed by atoms with Crippen LogP contribution in [0, 0.1) is 0 Å². The van der Waals surface area contributed by atoms with E-state index in [9.17, 15) is 4.79 Å². The minimum atomic E-state index is -0.0562. The number of hydrogen-bond donors (Lipinski definition) is 0. The summed E-state index contributed by atoms with van der Waals surface area (Å²) in [6.45, 7) is 4.00. The van der Waals surface area contributed by atoms with Crippen molar-refractivity contribution in [3.8, 4) is 5.75 Å². The Morgan fingerprint density at radius 1 is 1.42 bits per heavy atom. The summed E-state index contributed by atoms with van der Waals surface area (Å²) in [6.07, 6.45) is 1.67. The van der Waals surface area contributed by atoms with Crippen molar-refractivity contribution in [3.05, 3.63) is 28.7 Å². The lowest BCUT2D eigenvalue weighted by atomic mass is 10.4. The van der Waals surface area contributed by atoms with Crippen molar-refractivity contribution in [3.63, 3.8) is 0 Å². The van der Waals surface area contributed by atoms with E-state index in [1.54, 1.807) is 19.3 Å². The molecule has 0 unspecified atom stereocenters. The summed E-state index contributed by atoms with van der Waals surface area (Å²) in [5.41, 5.74) is -0.0562. The average Bonchev–Trinajstić information content (AvgIpc) is 2.13. The average molecular weight is 169 g/mol. The lowest BCUT2D eigenvalue weighted by Gasteiger charge is -1.98. The second-order valence-corrected chi connectivity index (χ2v) is 2.02. The largest absolute Gasteiger partial charge is 0.497 e. The van der Waals surface area contributed by atoms with Crippen LogP contribution in [0.3, 0.4) is 0 Å². The van der Waals surface area contributed by atoms with Gasteiger partial charge in [-0.15, -0.1) is 0 Å². The quantitative estimate of drug-likeness (QED) is 0.636. The van der Waals surface area contributed by atoms with Crippen molar-refractivity contribution in [1.82, 2.24) is 4.57 Å². The molecule has 3 heteroatoms. The third-order valence-corrected chi connectivity index (χ3v) is 1.31. The Kier molecular flexibility index (Phi) is 4.84. The fourth-order valence-electron chi connectivity index (χ4n) is 0.657. The van der Waals surface area contributed by atoms with E-state index >= 15 is 0 Å². The molecule has 0 bridgehead atoms. The van der Waals surface area contributed by atoms with Crippen molar-refractivity contribution in [2.45, 2.75) is 13.8 Å². The number of aromatic nitrogens is 1. The fraction of sp³-hybridized carbons (Fsp3) is 0.444. The third-order valence-electron chi connectivity index (χ3n) is 1.31. The van der Waals surface area contributed by atoms with Crippen LogP contribution in [0.2, 0.25) is 0 Å². The van der Waals surface area contributed by atoms with Crippen LogP contribution in [-0.2, 0) is 7.05 Å². The van der Waals surface area contributed by atoms with Crippen LogP contribution in [0.5, 0.6) is 5.75 Å². The van der Waals surface area contributed by atoms with Gasteiger partial charge >= 0.3 is 0 Å². The zero-order valence-electron chi connectivity index (χ0n) is 8.00. The predicted octanol–water partition coefficient (Wildman–Crippen LogP) is 1.42. The molecule has 0 fully saturated rings. The molecule has 0 aromatic carbocycles. The maximum Gasteiger partial charge on any atom is 0.253 e. The molecule has 0 atom stereocenters. The molecule has 0 aliphatic rings. The Morgan fingerprint density at radius 3 is 2.42 bits per heavy atom. The van der Waals surface area contributed by atoms with Crippen LogP contribution >= 0.6 is 0 Å². The van der Waals surface area contributed by atoms with Gasteiger partial charge in [0.25, 0.3) is 5.56 Å². The van der Waals surface area contributed by atoms with Crippen LogP contribution < -0.4 is 10.3 Å². The highest BCUT2D eigenvalue weighted by Crippen LogP contribution is 2.02. The third kappa shape index (κ3) is 2.78. The molecule has 0 saturated carbocycles. The maximum atomic E-state index is 10.9. The molecule has 1 aromatic heterocycles. The normalized spacial score (nSPS) is 8.33. The van der Waals surface area contributed by atoms with Crippen molar-refractivity contribution < 1.29 is 4.74 Å². The summed E-state index contributed by atoms with van der Waals surface area (Å²) in [5.74, 6) is 0.600. The lowest BCUT2D eigenvalue weighted by Crippen LogP contribution is -2.13. The van der Waals surface area contributed by atoms with Crippen molar-refractivity contribution in [2.75, 3.05) is 7.11 Å². The van der Waals surface area contributed by atoms with Crippen molar-refractivity contribution in [2.24, 2.45) is 7.05 Å². The number of nitrogens with zero attached hydrogens (tertiary/aromatic N) is 1. The first-order valence-electron chi connectivity index (χ1n) is 3.94. The van der Waals surface area contributed by atoms with Gasteiger partial charge in [0.05, 0.1) is 7.11 Å². The summed E-state index contributed by atoms with van der Waals surface area (Å²) in [4.78, 5) is 10.9. The van der Waals surface area contributed by atoms with E-state index in [0.717, 1.165) is 0 Å². The molecule has 0 radical (unpaired) electrons. The van der Waals surface area contributed by atoms with Gasteiger partial charge in [-0.2, -0.15) is 0 Å². The molecule has 0 aliphatic carbocycles. The zero-order valence-corrected chi connectivity index (χ0v) is 8.00. The van der Waals surface area contributed by atoms with Gasteiger partial charge in [-0.05, 0) is 6.07 Å². The van der Waals surface area contributed by atoms with Gasteiger partial charge < -0.3 is 9.30 Å². The number of pyridine rings is 1. The maximum absolute atomic E-state index is 10.9. The van der Waals surface area contributed by atoms with Gasteiger partial charge in [-0.3, -0.25) is 4.79 Å². The topological polar surface area (TPSA) is 31.2 Å². The SMILES string of the molecule is CC.COc1ccn(C)c(=O)c1. The Morgan fingerprint density at radius 2 is 2.00 bits per heavy atom. The fourth-order valence-corrected chi connectivity index (χ4v) is 0.657. The smallest absolute Gasteiger partial charge is 0.253 e. The summed E-state index contributed by atoms with van der Waals surface area (Å²) < 4.78 is 6.33. The minimum absolute atomic E-state index is 0.0562. The van der Waals surface area contributed by atoms with Crippen LogP contribution in [0.15, 0.2) is 23.1 Å². The molecule has 1 aromatic rings. The van der Waals surface area contributed by atoms with Crippen LogP contribution in [0.25, 0.3) is 0 Å². The Hall–Kier alpha value is -1.25. The number of hydrogen-bond acceptors (Lipinski definition) is 2. The Balaban J connectivity index is 0.000000561. The zero-order chi connectivity index (χ0) is 9.56. The first-order valence-corrected chi connectivity index (χ1v) is 3.94. The van der Waals surface area contributed by atoms with E-state index in [4.69, 9.17) is 4.74 Å². The number of rotatable bonds is 1. The van der Waals surface area contributed by atoms with Gasteiger partial charge in [0.15, 0.2) is 0 Å². The van der Waals surface area contributed by atoms with Gasteiger partial charge in [0, 0.05) is 19.3 Å². The van der Waals surface area contributed by atoms with E-state index in [0.29, 0.717) is 5.75 Å². The van der Waals surface area contributed by atoms with Crippen LogP contribution in [-0.4, -0.2) is 11.7 Å². The second-order valence-electron chi connectivity index (χ2n) is 2.02. The highest BCUT2D eigenvalue weighted by Gasteiger charge is 1.91. The van der Waals surface area contributed by atoms with Gasteiger partial charge in [0.2, 0.25) is 0 Å². The molecular formula is C9H15NO2. The molecule has 0 saturated heterocycles. The molecule has 0 spiro atoms. The Labute approximate surface area is 72.6 Å². The van der Waals surface area contributed by atoms with Crippen LogP contribution in [0.1, 0.15) is 13.8 Å². The first kappa shape index (κ1) is 10.8. The minimum Gasteiger partial charge on any atom is -0.497 e. The van der Waals surface area contributed by atoms with Crippen LogP contribution in [0.4, 0.5) is 0 Å². The van der Waals surface area contributed by atoms with E-state index in [2.05, 4.69) is 0 Å². The van der Waals surface area contributed by atoms with Crippen molar-refractivity contribution >= 4 is 0 Å². The summed E-state index contributed by atoms with van der Waals surface area (Å²) in [5, 5.41) is 0. The standard InChI is InChI=1S/C7H9NO2.C2H6/c1-8-4-3-6(10-2)5-7(8)9;1-2/h3-5H,1-2H3;1-2H3. The van der Waals surface area contributed by atoms with E-state index in [1.165, 1.54) is 17.7 Å². The van der Waals surface area contributed by atoms with E-state index in [1.807, 2.05) is 13.8 Å². The summed E-state index contributed by atoms with van der Waals surface area (Å²) >= 11 is 0. The Bertz CT molecular complexity index is 278. The molecule has 1 heterocycles. The lowest BCUT2D eigenvalue weighted by molar-refractivity contribution is 0.412. The van der Waals surface area contributed by atoms with Gasteiger partial charge in [0.1, 0.15) is 5.75 Å². The highest BCUT2D eigenvalue weighted by molar-refractivity contribution is 5.17. The predicted molar refractivity (Wildman–Crippen MR) is 49.6 cm³/mol. The van der Waals surface area contributed by atoms with Gasteiger partial charge in [-0.25, -0.2) is 0 Å². The highest BCUT2D eigenvalue weighted by atomic mass is 16.5. The van der Waals surface area contributed by atoms with E-state index in [-0.39, 0.29) is 5.56 Å². The monoisotopic (exact) mass is 169 g/mol. The van der Waals surface area contributed by atoms with Crippen molar-refractivity contribution in [1.29, 1.82) is 0 Å². The molecule has 0 amide bonds. The number of methoxy groups -OCH3 is 1.